The summed E-state index contributed by atoms with van der Waals surface area (Å²) in [6.07, 6.45) is 2.58. The van der Waals surface area contributed by atoms with Gasteiger partial charge < -0.3 is 15.8 Å². The normalized spacial score (nSPS) is 15.9. The van der Waals surface area contributed by atoms with Crippen LogP contribution >= 0.6 is 0 Å². The number of nitrogens with one attached hydrogen (secondary N) is 1. The maximum Gasteiger partial charge on any atom is 0.193 e. The molecule has 0 radical (unpaired) electrons. The van der Waals surface area contributed by atoms with Crippen molar-refractivity contribution in [1.29, 1.82) is 0 Å². The minimum Gasteiger partial charge on any atom is -0.497 e. The molecule has 0 unspecified atom stereocenters. The Hall–Kier alpha value is -1.71. The molecule has 16 heavy (non-hydrogen) atoms. The lowest BCUT2D eigenvalue weighted by molar-refractivity contribution is 0.415. The molecule has 3 N–H and O–H groups in total. The molecule has 86 valence electrons. The molecular formula is C12H17N3O. The van der Waals surface area contributed by atoms with Gasteiger partial charge in [0.05, 0.1) is 7.11 Å². The van der Waals surface area contributed by atoms with E-state index in [9.17, 15) is 0 Å². The molecule has 1 aliphatic carbocycles. The Morgan fingerprint density at radius 3 is 2.69 bits per heavy atom. The molecule has 1 aliphatic rings. The zero-order valence-corrected chi connectivity index (χ0v) is 9.44. The minimum absolute atomic E-state index is 0.483. The van der Waals surface area contributed by atoms with Gasteiger partial charge in [0.25, 0.3) is 0 Å². The fraction of sp³-hybridized carbons (Fsp3) is 0.417. The van der Waals surface area contributed by atoms with Crippen LogP contribution in [0.3, 0.4) is 0 Å². The highest BCUT2D eigenvalue weighted by atomic mass is 16.5. The third-order valence-corrected chi connectivity index (χ3v) is 2.58. The summed E-state index contributed by atoms with van der Waals surface area (Å²) in [5, 5.41) is 3.05. The van der Waals surface area contributed by atoms with Crippen LogP contribution in [0.5, 0.6) is 5.75 Å². The van der Waals surface area contributed by atoms with Crippen LogP contribution in [0.1, 0.15) is 12.8 Å². The van der Waals surface area contributed by atoms with Gasteiger partial charge in [-0.25, -0.2) is 0 Å². The zero-order valence-electron chi connectivity index (χ0n) is 9.44. The second-order valence-corrected chi connectivity index (χ2v) is 4.02. The van der Waals surface area contributed by atoms with Gasteiger partial charge in [0.1, 0.15) is 5.75 Å². The number of aliphatic imine (C=N–C) groups is 1. The third kappa shape index (κ3) is 3.15. The second kappa shape index (κ2) is 4.88. The molecule has 1 fully saturated rings. The van der Waals surface area contributed by atoms with Crippen LogP contribution in [-0.2, 0) is 0 Å². The van der Waals surface area contributed by atoms with E-state index in [4.69, 9.17) is 10.5 Å². The quantitative estimate of drug-likeness (QED) is 0.600. The maximum absolute atomic E-state index is 5.76. The second-order valence-electron chi connectivity index (χ2n) is 4.02. The van der Waals surface area contributed by atoms with Crippen molar-refractivity contribution >= 4 is 11.6 Å². The van der Waals surface area contributed by atoms with Crippen molar-refractivity contribution in [2.75, 3.05) is 19.0 Å². The molecule has 0 spiro atoms. The lowest BCUT2D eigenvalue weighted by atomic mass is 10.3. The van der Waals surface area contributed by atoms with Gasteiger partial charge in [0.15, 0.2) is 5.96 Å². The summed E-state index contributed by atoms with van der Waals surface area (Å²) in [5.74, 6) is 2.08. The molecular weight excluding hydrogens is 202 g/mol. The lowest BCUT2D eigenvalue weighted by Gasteiger charge is -2.06. The Morgan fingerprint density at radius 1 is 1.44 bits per heavy atom. The van der Waals surface area contributed by atoms with Crippen LogP contribution in [0.4, 0.5) is 5.69 Å². The minimum atomic E-state index is 0.483. The average Bonchev–Trinajstić information content (AvgIpc) is 3.11. The molecule has 0 saturated heterocycles. The number of ether oxygens (including phenoxy) is 1. The van der Waals surface area contributed by atoms with Crippen molar-refractivity contribution in [1.82, 2.24) is 0 Å². The SMILES string of the molecule is COc1ccc(NC(N)=NCC2CC2)cc1. The molecule has 1 aromatic rings. The molecule has 1 aromatic carbocycles. The lowest BCUT2D eigenvalue weighted by Crippen LogP contribution is -2.22. The van der Waals surface area contributed by atoms with E-state index in [0.717, 1.165) is 23.9 Å². The van der Waals surface area contributed by atoms with Crippen molar-refractivity contribution in [3.05, 3.63) is 24.3 Å². The summed E-state index contributed by atoms with van der Waals surface area (Å²) in [5.41, 5.74) is 6.69. The number of nitrogens with zero attached hydrogens (tertiary/aromatic N) is 1. The zero-order chi connectivity index (χ0) is 11.4. The fourth-order valence-corrected chi connectivity index (χ4v) is 1.39. The summed E-state index contributed by atoms with van der Waals surface area (Å²) < 4.78 is 5.07. The highest BCUT2D eigenvalue weighted by Gasteiger charge is 2.20. The molecule has 1 saturated carbocycles. The van der Waals surface area contributed by atoms with E-state index in [1.807, 2.05) is 24.3 Å². The first kappa shape index (κ1) is 10.8. The molecule has 4 nitrogen and oxygen atoms in total. The first-order valence-corrected chi connectivity index (χ1v) is 5.49. The first-order chi connectivity index (χ1) is 7.78. The summed E-state index contributed by atoms with van der Waals surface area (Å²) in [7, 11) is 1.65. The van der Waals surface area contributed by atoms with Gasteiger partial charge in [-0.1, -0.05) is 0 Å². The van der Waals surface area contributed by atoms with Gasteiger partial charge in [-0.05, 0) is 43.0 Å². The molecule has 0 atom stereocenters. The number of guanidine groups is 1. The van der Waals surface area contributed by atoms with E-state index in [2.05, 4.69) is 10.3 Å². The van der Waals surface area contributed by atoms with Crippen LogP contribution in [-0.4, -0.2) is 19.6 Å². The van der Waals surface area contributed by atoms with E-state index < -0.39 is 0 Å². The van der Waals surface area contributed by atoms with Crippen LogP contribution in [0, 0.1) is 5.92 Å². The first-order valence-electron chi connectivity index (χ1n) is 5.49. The summed E-state index contributed by atoms with van der Waals surface area (Å²) in [4.78, 5) is 4.28. The summed E-state index contributed by atoms with van der Waals surface area (Å²) in [6.45, 7) is 0.842. The molecule has 4 heteroatoms. The predicted molar refractivity (Wildman–Crippen MR) is 65.8 cm³/mol. The van der Waals surface area contributed by atoms with Crippen molar-refractivity contribution in [3.8, 4) is 5.75 Å². The maximum atomic E-state index is 5.76. The third-order valence-electron chi connectivity index (χ3n) is 2.58. The van der Waals surface area contributed by atoms with E-state index in [-0.39, 0.29) is 0 Å². The van der Waals surface area contributed by atoms with Crippen molar-refractivity contribution < 1.29 is 4.74 Å². The number of anilines is 1. The van der Waals surface area contributed by atoms with E-state index in [1.54, 1.807) is 7.11 Å². The topological polar surface area (TPSA) is 59.6 Å². The fourth-order valence-electron chi connectivity index (χ4n) is 1.39. The average molecular weight is 219 g/mol. The number of methoxy groups -OCH3 is 1. The van der Waals surface area contributed by atoms with Crippen LogP contribution in [0.25, 0.3) is 0 Å². The van der Waals surface area contributed by atoms with E-state index in [0.29, 0.717) is 5.96 Å². The Kier molecular flexibility index (Phi) is 3.29. The van der Waals surface area contributed by atoms with E-state index >= 15 is 0 Å². The van der Waals surface area contributed by atoms with Gasteiger partial charge in [-0.3, -0.25) is 4.99 Å². The number of hydrogen-bond acceptors (Lipinski definition) is 2. The van der Waals surface area contributed by atoms with Gasteiger partial charge in [-0.15, -0.1) is 0 Å². The molecule has 0 aliphatic heterocycles. The number of rotatable bonds is 4. The largest absolute Gasteiger partial charge is 0.497 e. The van der Waals surface area contributed by atoms with Crippen molar-refractivity contribution in [3.63, 3.8) is 0 Å². The molecule has 0 aromatic heterocycles. The van der Waals surface area contributed by atoms with Gasteiger partial charge >= 0.3 is 0 Å². The van der Waals surface area contributed by atoms with Gasteiger partial charge in [0.2, 0.25) is 0 Å². The Labute approximate surface area is 95.5 Å². The Bertz CT molecular complexity index is 368. The van der Waals surface area contributed by atoms with Crippen molar-refractivity contribution in [2.45, 2.75) is 12.8 Å². The van der Waals surface area contributed by atoms with Gasteiger partial charge in [-0.2, -0.15) is 0 Å². The van der Waals surface area contributed by atoms with Crippen LogP contribution < -0.4 is 15.8 Å². The van der Waals surface area contributed by atoms with Crippen LogP contribution in [0.15, 0.2) is 29.3 Å². The molecule has 0 heterocycles. The number of nitrogens with two attached hydrogens (primary N) is 1. The number of hydrogen-bond donors (Lipinski definition) is 2. The summed E-state index contributed by atoms with van der Waals surface area (Å²) in [6, 6.07) is 7.60. The monoisotopic (exact) mass is 219 g/mol. The number of benzene rings is 1. The van der Waals surface area contributed by atoms with E-state index in [1.165, 1.54) is 12.8 Å². The molecule has 2 rings (SSSR count). The Morgan fingerprint density at radius 2 is 2.12 bits per heavy atom. The highest BCUT2D eigenvalue weighted by molar-refractivity contribution is 5.92. The predicted octanol–water partition coefficient (Wildman–Crippen LogP) is 1.83. The van der Waals surface area contributed by atoms with Crippen molar-refractivity contribution in [2.24, 2.45) is 16.6 Å². The van der Waals surface area contributed by atoms with Crippen LogP contribution in [0.2, 0.25) is 0 Å². The summed E-state index contributed by atoms with van der Waals surface area (Å²) >= 11 is 0. The Balaban J connectivity index is 1.88. The molecule has 0 bridgehead atoms. The highest BCUT2D eigenvalue weighted by Crippen LogP contribution is 2.28. The smallest absolute Gasteiger partial charge is 0.193 e. The van der Waals surface area contributed by atoms with Gasteiger partial charge in [0, 0.05) is 12.2 Å². The molecule has 0 amide bonds. The standard InChI is InChI=1S/C12H17N3O/c1-16-11-6-4-10(5-7-11)15-12(13)14-8-9-2-3-9/h4-7,9H,2-3,8H2,1H3,(H3,13,14,15).